The molecule has 4 nitrogen and oxygen atoms in total. The van der Waals surface area contributed by atoms with Crippen molar-refractivity contribution < 1.29 is 13.6 Å². The normalized spacial score (nSPS) is 30.4. The van der Waals surface area contributed by atoms with Crippen molar-refractivity contribution >= 4 is 23.5 Å². The summed E-state index contributed by atoms with van der Waals surface area (Å²) in [5, 5.41) is 8.76. The van der Waals surface area contributed by atoms with Gasteiger partial charge in [-0.3, -0.25) is 9.93 Å². The fourth-order valence-corrected chi connectivity index (χ4v) is 3.34. The van der Waals surface area contributed by atoms with Gasteiger partial charge in [-0.15, -0.1) is 0 Å². The van der Waals surface area contributed by atoms with Crippen LogP contribution < -0.4 is 10.5 Å². The molecule has 2 aliphatic rings. The summed E-state index contributed by atoms with van der Waals surface area (Å²) in [7, 11) is 0. The Morgan fingerprint density at radius 2 is 2.30 bits per heavy atom. The highest BCUT2D eigenvalue weighted by molar-refractivity contribution is 7.97. The molecule has 0 saturated heterocycles. The summed E-state index contributed by atoms with van der Waals surface area (Å²) in [6, 6.07) is 3.33. The number of aromatic nitrogens is 1. The van der Waals surface area contributed by atoms with Gasteiger partial charge in [0.05, 0.1) is 0 Å². The molecule has 1 amide bonds. The van der Waals surface area contributed by atoms with Crippen molar-refractivity contribution in [2.75, 3.05) is 5.32 Å². The van der Waals surface area contributed by atoms with Gasteiger partial charge in [0.2, 0.25) is 5.91 Å². The van der Waals surface area contributed by atoms with Gasteiger partial charge in [-0.25, -0.2) is 13.8 Å². The predicted octanol–water partition coefficient (Wildman–Crippen LogP) is 2.81. The van der Waals surface area contributed by atoms with Gasteiger partial charge >= 0.3 is 0 Å². The van der Waals surface area contributed by atoms with Crippen LogP contribution in [0, 0.1) is 11.3 Å². The number of halogens is 2. The standard InChI is InChI=1S/C13H15F2N3OS/c14-13(15)7-12(13)3-1-8(6-12)11(19)18-9-2-4-17-10(5-9)20-16/h2,4-5,8H,1,3,6-7,16H2,(H,17,18,19)/t8?,12-/m1/s1. The van der Waals surface area contributed by atoms with Crippen molar-refractivity contribution in [1.82, 2.24) is 4.98 Å². The van der Waals surface area contributed by atoms with Gasteiger partial charge in [-0.1, -0.05) is 0 Å². The van der Waals surface area contributed by atoms with Crippen LogP contribution in [-0.2, 0) is 4.79 Å². The lowest BCUT2D eigenvalue weighted by molar-refractivity contribution is -0.119. The zero-order valence-electron chi connectivity index (χ0n) is 10.7. The van der Waals surface area contributed by atoms with Crippen LogP contribution in [0.25, 0.3) is 0 Å². The first kappa shape index (κ1) is 13.8. The van der Waals surface area contributed by atoms with E-state index >= 15 is 0 Å². The zero-order chi connectivity index (χ0) is 14.4. The third kappa shape index (κ3) is 2.29. The van der Waals surface area contributed by atoms with E-state index in [2.05, 4.69) is 10.3 Å². The van der Waals surface area contributed by atoms with Crippen molar-refractivity contribution in [3.8, 4) is 0 Å². The van der Waals surface area contributed by atoms with Crippen LogP contribution in [0.5, 0.6) is 0 Å². The molecule has 3 N–H and O–H groups in total. The molecule has 1 spiro atoms. The Morgan fingerprint density at radius 3 is 2.90 bits per heavy atom. The number of rotatable bonds is 3. The number of carbonyl (C=O) groups is 1. The number of alkyl halides is 2. The van der Waals surface area contributed by atoms with Gasteiger partial charge in [0.1, 0.15) is 5.03 Å². The number of hydrogen-bond acceptors (Lipinski definition) is 4. The molecule has 2 fully saturated rings. The number of anilines is 1. The molecular formula is C13H15F2N3OS. The summed E-state index contributed by atoms with van der Waals surface area (Å²) in [5.74, 6) is -3.09. The molecule has 0 radical (unpaired) electrons. The van der Waals surface area contributed by atoms with Crippen molar-refractivity contribution in [1.29, 1.82) is 0 Å². The SMILES string of the molecule is NSc1cc(NC(=O)C2CC[C@@]3(C2)CC3(F)F)ccn1. The van der Waals surface area contributed by atoms with Crippen LogP contribution in [-0.4, -0.2) is 16.8 Å². The monoisotopic (exact) mass is 299 g/mol. The Morgan fingerprint density at radius 1 is 1.55 bits per heavy atom. The lowest BCUT2D eigenvalue weighted by Gasteiger charge is -2.12. The highest BCUT2D eigenvalue weighted by Gasteiger charge is 2.72. The molecule has 20 heavy (non-hydrogen) atoms. The maximum absolute atomic E-state index is 13.3. The Bertz CT molecular complexity index is 554. The number of nitrogens with one attached hydrogen (secondary N) is 1. The fourth-order valence-electron chi connectivity index (χ4n) is 3.02. The Balaban J connectivity index is 1.63. The smallest absolute Gasteiger partial charge is 0.254 e. The molecule has 0 aromatic carbocycles. The van der Waals surface area contributed by atoms with E-state index < -0.39 is 11.3 Å². The van der Waals surface area contributed by atoms with E-state index in [-0.39, 0.29) is 24.7 Å². The second-order valence-corrected chi connectivity index (χ2v) is 6.25. The lowest BCUT2D eigenvalue weighted by Crippen LogP contribution is -2.21. The molecule has 2 aliphatic carbocycles. The average Bonchev–Trinajstić information content (AvgIpc) is 2.75. The molecule has 2 atom stereocenters. The Hall–Kier alpha value is -1.21. The molecule has 108 valence electrons. The van der Waals surface area contributed by atoms with Crippen molar-refractivity contribution in [2.24, 2.45) is 16.5 Å². The first-order valence-electron chi connectivity index (χ1n) is 6.47. The van der Waals surface area contributed by atoms with E-state index in [0.717, 1.165) is 11.9 Å². The molecule has 0 bridgehead atoms. The van der Waals surface area contributed by atoms with Gasteiger partial charge in [0.25, 0.3) is 5.92 Å². The number of carbonyl (C=O) groups excluding carboxylic acids is 1. The number of nitrogens with zero attached hydrogens (tertiary/aromatic N) is 1. The minimum absolute atomic E-state index is 0.0625. The number of amides is 1. The summed E-state index contributed by atoms with van der Waals surface area (Å²) in [5.41, 5.74) is -0.299. The van der Waals surface area contributed by atoms with Crippen LogP contribution >= 0.6 is 11.9 Å². The van der Waals surface area contributed by atoms with E-state index in [0.29, 0.717) is 23.6 Å². The third-order valence-electron chi connectivity index (χ3n) is 4.31. The predicted molar refractivity (Wildman–Crippen MR) is 72.2 cm³/mol. The van der Waals surface area contributed by atoms with Crippen LogP contribution in [0.4, 0.5) is 14.5 Å². The first-order valence-corrected chi connectivity index (χ1v) is 7.35. The van der Waals surface area contributed by atoms with Gasteiger partial charge in [0, 0.05) is 29.6 Å². The van der Waals surface area contributed by atoms with Gasteiger partial charge in [0.15, 0.2) is 0 Å². The van der Waals surface area contributed by atoms with Crippen molar-refractivity contribution in [3.05, 3.63) is 18.3 Å². The van der Waals surface area contributed by atoms with E-state index in [4.69, 9.17) is 5.14 Å². The average molecular weight is 299 g/mol. The zero-order valence-corrected chi connectivity index (χ0v) is 11.6. The molecule has 1 aromatic heterocycles. The van der Waals surface area contributed by atoms with Crippen LogP contribution in [0.1, 0.15) is 25.7 Å². The highest BCUT2D eigenvalue weighted by atomic mass is 32.2. The minimum Gasteiger partial charge on any atom is -0.326 e. The maximum atomic E-state index is 13.3. The molecule has 1 aromatic rings. The quantitative estimate of drug-likeness (QED) is 0.842. The molecule has 7 heteroatoms. The number of hydrogen-bond donors (Lipinski definition) is 2. The molecule has 1 heterocycles. The van der Waals surface area contributed by atoms with Crippen LogP contribution in [0.15, 0.2) is 23.4 Å². The fraction of sp³-hybridized carbons (Fsp3) is 0.538. The maximum Gasteiger partial charge on any atom is 0.254 e. The van der Waals surface area contributed by atoms with E-state index in [9.17, 15) is 13.6 Å². The highest BCUT2D eigenvalue weighted by Crippen LogP contribution is 2.69. The van der Waals surface area contributed by atoms with Gasteiger partial charge in [-0.05, 0) is 43.3 Å². The largest absolute Gasteiger partial charge is 0.326 e. The van der Waals surface area contributed by atoms with Gasteiger partial charge in [-0.2, -0.15) is 0 Å². The van der Waals surface area contributed by atoms with Crippen molar-refractivity contribution in [2.45, 2.75) is 36.6 Å². The minimum atomic E-state index is -2.57. The first-order chi connectivity index (χ1) is 9.46. The Kier molecular flexibility index (Phi) is 3.21. The second kappa shape index (κ2) is 4.66. The topological polar surface area (TPSA) is 68.0 Å². The van der Waals surface area contributed by atoms with Gasteiger partial charge < -0.3 is 5.32 Å². The molecular weight excluding hydrogens is 284 g/mol. The second-order valence-electron chi connectivity index (χ2n) is 5.59. The summed E-state index contributed by atoms with van der Waals surface area (Å²) >= 11 is 0.990. The van der Waals surface area contributed by atoms with Crippen LogP contribution in [0.3, 0.4) is 0 Å². The lowest BCUT2D eigenvalue weighted by atomic mass is 10.0. The molecule has 0 aliphatic heterocycles. The molecule has 3 rings (SSSR count). The number of pyridine rings is 1. The summed E-state index contributed by atoms with van der Waals surface area (Å²) in [6.07, 6.45) is 2.75. The van der Waals surface area contributed by atoms with E-state index in [1.165, 1.54) is 0 Å². The van der Waals surface area contributed by atoms with E-state index in [1.807, 2.05) is 0 Å². The molecule has 1 unspecified atom stereocenters. The van der Waals surface area contributed by atoms with Crippen LogP contribution in [0.2, 0.25) is 0 Å². The Labute approximate surface area is 119 Å². The summed E-state index contributed by atoms with van der Waals surface area (Å²) in [6.45, 7) is 0. The third-order valence-corrected chi connectivity index (χ3v) is 4.78. The summed E-state index contributed by atoms with van der Waals surface area (Å²) < 4.78 is 26.6. The van der Waals surface area contributed by atoms with E-state index in [1.54, 1.807) is 18.3 Å². The molecule has 2 saturated carbocycles. The number of nitrogens with two attached hydrogens (primary N) is 1. The summed E-state index contributed by atoms with van der Waals surface area (Å²) in [4.78, 5) is 16.1. The van der Waals surface area contributed by atoms with Crippen molar-refractivity contribution in [3.63, 3.8) is 0 Å².